The molecule has 7 nitrogen and oxygen atoms in total. The van der Waals surface area contributed by atoms with E-state index in [2.05, 4.69) is 0 Å². The first kappa shape index (κ1) is 22.0. The number of hydrogen-bond donors (Lipinski definition) is 0. The van der Waals surface area contributed by atoms with Crippen molar-refractivity contribution < 1.29 is 19.1 Å². The van der Waals surface area contributed by atoms with Crippen molar-refractivity contribution >= 4 is 23.5 Å². The number of para-hydroxylation sites is 1. The molecule has 0 N–H and O–H groups in total. The standard InChI is InChI=1S/C24H25N3O4/c1-18(23(29)27(15-7-13-25)21-10-3-2-4-11-21)31-24(30)20-9-5-8-19(16-20)17-26-14-6-12-22(26)28/h2-5,8-11,16,18H,6-7,12,14-15,17H2,1H3. The van der Waals surface area contributed by atoms with E-state index in [1.165, 1.54) is 11.8 Å². The van der Waals surface area contributed by atoms with Gasteiger partial charge in [-0.05, 0) is 43.2 Å². The molecule has 1 saturated heterocycles. The zero-order valence-electron chi connectivity index (χ0n) is 17.5. The first-order chi connectivity index (χ1) is 15.0. The van der Waals surface area contributed by atoms with Gasteiger partial charge in [-0.25, -0.2) is 4.79 Å². The van der Waals surface area contributed by atoms with E-state index in [1.54, 1.807) is 47.4 Å². The third kappa shape index (κ3) is 5.70. The van der Waals surface area contributed by atoms with Crippen LogP contribution in [0.2, 0.25) is 0 Å². The van der Waals surface area contributed by atoms with E-state index in [0.29, 0.717) is 24.2 Å². The van der Waals surface area contributed by atoms with Crippen LogP contribution in [0, 0.1) is 11.3 Å². The van der Waals surface area contributed by atoms with Gasteiger partial charge in [0.15, 0.2) is 6.10 Å². The molecule has 0 aliphatic carbocycles. The van der Waals surface area contributed by atoms with Crippen LogP contribution in [0.5, 0.6) is 0 Å². The molecule has 1 aliphatic rings. The number of esters is 1. The van der Waals surface area contributed by atoms with Gasteiger partial charge < -0.3 is 14.5 Å². The topological polar surface area (TPSA) is 90.7 Å². The Kier molecular flexibility index (Phi) is 7.39. The number of ether oxygens (including phenoxy) is 1. The number of benzene rings is 2. The maximum Gasteiger partial charge on any atom is 0.338 e. The van der Waals surface area contributed by atoms with E-state index >= 15 is 0 Å². The Labute approximate surface area is 181 Å². The molecular formula is C24H25N3O4. The molecular weight excluding hydrogens is 394 g/mol. The Hall–Kier alpha value is -3.66. The Morgan fingerprint density at radius 2 is 1.97 bits per heavy atom. The summed E-state index contributed by atoms with van der Waals surface area (Å²) < 4.78 is 5.43. The lowest BCUT2D eigenvalue weighted by molar-refractivity contribution is -0.128. The lowest BCUT2D eigenvalue weighted by Gasteiger charge is -2.25. The predicted molar refractivity (Wildman–Crippen MR) is 115 cm³/mol. The summed E-state index contributed by atoms with van der Waals surface area (Å²) in [5.74, 6) is -0.886. The molecule has 7 heteroatoms. The normalized spacial score (nSPS) is 14.1. The van der Waals surface area contributed by atoms with Crippen molar-refractivity contribution in [2.24, 2.45) is 0 Å². The van der Waals surface area contributed by atoms with Crippen LogP contribution in [0.3, 0.4) is 0 Å². The predicted octanol–water partition coefficient (Wildman–Crippen LogP) is 3.30. The smallest absolute Gasteiger partial charge is 0.338 e. The van der Waals surface area contributed by atoms with Gasteiger partial charge in [-0.1, -0.05) is 30.3 Å². The summed E-state index contributed by atoms with van der Waals surface area (Å²) in [7, 11) is 0. The zero-order chi connectivity index (χ0) is 22.2. The van der Waals surface area contributed by atoms with Crippen LogP contribution in [0.1, 0.15) is 42.1 Å². The Morgan fingerprint density at radius 3 is 2.65 bits per heavy atom. The van der Waals surface area contributed by atoms with Crippen molar-refractivity contribution in [2.75, 3.05) is 18.0 Å². The highest BCUT2D eigenvalue weighted by atomic mass is 16.5. The van der Waals surface area contributed by atoms with Crippen molar-refractivity contribution in [1.29, 1.82) is 5.26 Å². The van der Waals surface area contributed by atoms with Crippen molar-refractivity contribution in [3.63, 3.8) is 0 Å². The average Bonchev–Trinajstić information content (AvgIpc) is 3.19. The highest BCUT2D eigenvalue weighted by Gasteiger charge is 2.26. The molecule has 160 valence electrons. The summed E-state index contributed by atoms with van der Waals surface area (Å²) in [5, 5.41) is 8.92. The molecule has 31 heavy (non-hydrogen) atoms. The third-order valence-corrected chi connectivity index (χ3v) is 5.12. The third-order valence-electron chi connectivity index (χ3n) is 5.12. The Balaban J connectivity index is 1.67. The fourth-order valence-electron chi connectivity index (χ4n) is 3.52. The van der Waals surface area contributed by atoms with Crippen LogP contribution in [0.4, 0.5) is 5.69 Å². The number of anilines is 1. The van der Waals surface area contributed by atoms with Gasteiger partial charge in [-0.15, -0.1) is 0 Å². The van der Waals surface area contributed by atoms with E-state index in [4.69, 9.17) is 10.00 Å². The second-order valence-corrected chi connectivity index (χ2v) is 7.40. The fourth-order valence-corrected chi connectivity index (χ4v) is 3.52. The monoisotopic (exact) mass is 419 g/mol. The maximum atomic E-state index is 12.9. The van der Waals surface area contributed by atoms with Crippen molar-refractivity contribution in [1.82, 2.24) is 4.90 Å². The van der Waals surface area contributed by atoms with Gasteiger partial charge in [0.1, 0.15) is 0 Å². The molecule has 1 heterocycles. The summed E-state index contributed by atoms with van der Waals surface area (Å²) in [6.45, 7) is 2.90. The van der Waals surface area contributed by atoms with Gasteiger partial charge >= 0.3 is 5.97 Å². The first-order valence-corrected chi connectivity index (χ1v) is 10.3. The molecule has 1 fully saturated rings. The second-order valence-electron chi connectivity index (χ2n) is 7.40. The summed E-state index contributed by atoms with van der Waals surface area (Å²) in [5.41, 5.74) is 1.80. The van der Waals surface area contributed by atoms with Crippen LogP contribution in [0.25, 0.3) is 0 Å². The number of carbonyl (C=O) groups excluding carboxylic acids is 3. The minimum Gasteiger partial charge on any atom is -0.449 e. The van der Waals surface area contributed by atoms with E-state index in [-0.39, 0.29) is 18.9 Å². The summed E-state index contributed by atoms with van der Waals surface area (Å²) >= 11 is 0. The van der Waals surface area contributed by atoms with Crippen LogP contribution in [0.15, 0.2) is 54.6 Å². The molecule has 2 amide bonds. The van der Waals surface area contributed by atoms with E-state index in [9.17, 15) is 14.4 Å². The summed E-state index contributed by atoms with van der Waals surface area (Å²) in [4.78, 5) is 40.7. The summed E-state index contributed by atoms with van der Waals surface area (Å²) in [6.07, 6.45) is 0.559. The fraction of sp³-hybridized carbons (Fsp3) is 0.333. The lowest BCUT2D eigenvalue weighted by atomic mass is 10.1. The van der Waals surface area contributed by atoms with Gasteiger partial charge in [0.25, 0.3) is 5.91 Å². The minimum atomic E-state index is -1.02. The lowest BCUT2D eigenvalue weighted by Crippen LogP contribution is -2.40. The number of carbonyl (C=O) groups is 3. The SMILES string of the molecule is CC(OC(=O)c1cccc(CN2CCCC2=O)c1)C(=O)N(CCC#N)c1ccccc1. The quantitative estimate of drug-likeness (QED) is 0.613. The molecule has 0 radical (unpaired) electrons. The maximum absolute atomic E-state index is 12.9. The van der Waals surface area contributed by atoms with E-state index in [1.807, 2.05) is 18.2 Å². The van der Waals surface area contributed by atoms with Gasteiger partial charge in [-0.2, -0.15) is 5.26 Å². The number of likely N-dealkylation sites (tertiary alicyclic amines) is 1. The molecule has 0 aromatic heterocycles. The molecule has 2 aromatic rings. The van der Waals surface area contributed by atoms with Gasteiger partial charge in [0, 0.05) is 31.7 Å². The molecule has 0 bridgehead atoms. The molecule has 1 unspecified atom stereocenters. The largest absolute Gasteiger partial charge is 0.449 e. The first-order valence-electron chi connectivity index (χ1n) is 10.3. The highest BCUT2D eigenvalue weighted by molar-refractivity contribution is 5.99. The number of amides is 2. The molecule has 1 atom stereocenters. The Bertz CT molecular complexity index is 984. The number of nitrogens with zero attached hydrogens (tertiary/aromatic N) is 3. The van der Waals surface area contributed by atoms with Crippen LogP contribution in [-0.4, -0.2) is 41.9 Å². The number of nitriles is 1. The van der Waals surface area contributed by atoms with Crippen LogP contribution >= 0.6 is 0 Å². The molecule has 2 aromatic carbocycles. The van der Waals surface area contributed by atoms with Crippen molar-refractivity contribution in [3.05, 3.63) is 65.7 Å². The van der Waals surface area contributed by atoms with Crippen LogP contribution < -0.4 is 4.90 Å². The van der Waals surface area contributed by atoms with Crippen molar-refractivity contribution in [3.8, 4) is 6.07 Å². The number of hydrogen-bond acceptors (Lipinski definition) is 5. The van der Waals surface area contributed by atoms with Crippen LogP contribution in [-0.2, 0) is 20.9 Å². The molecule has 1 aliphatic heterocycles. The molecule has 3 rings (SSSR count). The summed E-state index contributed by atoms with van der Waals surface area (Å²) in [6, 6.07) is 17.9. The molecule has 0 saturated carbocycles. The van der Waals surface area contributed by atoms with E-state index in [0.717, 1.165) is 18.5 Å². The van der Waals surface area contributed by atoms with Gasteiger partial charge in [0.2, 0.25) is 5.91 Å². The van der Waals surface area contributed by atoms with Gasteiger partial charge in [0.05, 0.1) is 18.1 Å². The van der Waals surface area contributed by atoms with Crippen molar-refractivity contribution in [2.45, 2.75) is 38.8 Å². The molecule has 0 spiro atoms. The highest BCUT2D eigenvalue weighted by Crippen LogP contribution is 2.18. The zero-order valence-corrected chi connectivity index (χ0v) is 17.5. The minimum absolute atomic E-state index is 0.116. The second kappa shape index (κ2) is 10.4. The average molecular weight is 419 g/mol. The van der Waals surface area contributed by atoms with E-state index < -0.39 is 18.0 Å². The van der Waals surface area contributed by atoms with Gasteiger partial charge in [-0.3, -0.25) is 9.59 Å². The Morgan fingerprint density at radius 1 is 1.19 bits per heavy atom. The number of rotatable bonds is 8.